The van der Waals surface area contributed by atoms with Gasteiger partial charge >= 0.3 is 24.5 Å². The Labute approximate surface area is 159 Å². The van der Waals surface area contributed by atoms with E-state index >= 15 is 0 Å². The monoisotopic (exact) mass is 439 g/mol. The number of carboxylic acids is 1. The molecule has 0 radical (unpaired) electrons. The van der Waals surface area contributed by atoms with Crippen molar-refractivity contribution in [3.05, 3.63) is 34.4 Å². The van der Waals surface area contributed by atoms with Crippen LogP contribution in [0.1, 0.15) is 48.4 Å². The highest BCUT2D eigenvalue weighted by atomic mass is 19.4. The van der Waals surface area contributed by atoms with Gasteiger partial charge in [0.1, 0.15) is 0 Å². The lowest BCUT2D eigenvalue weighted by Crippen LogP contribution is -2.28. The highest BCUT2D eigenvalue weighted by Crippen LogP contribution is 2.47. The molecule has 0 amide bonds. The lowest BCUT2D eigenvalue weighted by Gasteiger charge is -2.29. The first-order valence-electron chi connectivity index (χ1n) is 8.23. The predicted octanol–water partition coefficient (Wildman–Crippen LogP) is 5.53. The molecule has 0 spiro atoms. The molecule has 0 aliphatic heterocycles. The summed E-state index contributed by atoms with van der Waals surface area (Å²) in [5.74, 6) is -5.23. The average molecular weight is 439 g/mol. The smallest absolute Gasteiger partial charge is 0.416 e. The molecule has 0 heterocycles. The van der Waals surface area contributed by atoms with E-state index < -0.39 is 71.1 Å². The third-order valence-corrected chi connectivity index (χ3v) is 4.72. The molecule has 1 rings (SSSR count). The number of benzene rings is 1. The molecule has 0 fully saturated rings. The molecule has 3 unspecified atom stereocenters. The van der Waals surface area contributed by atoms with Crippen LogP contribution in [0, 0.1) is 11.8 Å². The van der Waals surface area contributed by atoms with Crippen LogP contribution in [0.4, 0.5) is 39.5 Å². The van der Waals surface area contributed by atoms with Gasteiger partial charge in [0, 0.05) is 6.54 Å². The summed E-state index contributed by atoms with van der Waals surface area (Å²) in [5.41, 5.74) is -2.29. The van der Waals surface area contributed by atoms with Gasteiger partial charge in [0.25, 0.3) is 0 Å². The zero-order chi connectivity index (χ0) is 22.9. The first kappa shape index (κ1) is 25.1. The normalized spacial score (nSPS) is 16.4. The molecule has 0 aliphatic rings. The number of carbonyl (C=O) groups is 1. The Morgan fingerprint density at radius 3 is 1.62 bits per heavy atom. The molecule has 1 aromatic carbocycles. The Morgan fingerprint density at radius 2 is 1.34 bits per heavy atom. The Bertz CT molecular complexity index is 703. The van der Waals surface area contributed by atoms with Gasteiger partial charge in [-0.1, -0.05) is 13.8 Å². The van der Waals surface area contributed by atoms with Crippen molar-refractivity contribution in [3.8, 4) is 0 Å². The summed E-state index contributed by atoms with van der Waals surface area (Å²) >= 11 is 0. The quantitative estimate of drug-likeness (QED) is 0.573. The van der Waals surface area contributed by atoms with Crippen molar-refractivity contribution < 1.29 is 49.4 Å². The highest BCUT2D eigenvalue weighted by Gasteiger charge is 2.46. The lowest BCUT2D eigenvalue weighted by molar-refractivity contribution is -0.150. The molecule has 29 heavy (non-hydrogen) atoms. The molecule has 0 saturated heterocycles. The Hall–Kier alpha value is -1.98. The summed E-state index contributed by atoms with van der Waals surface area (Å²) in [6, 6.07) is -0.712. The number of halogens is 9. The van der Waals surface area contributed by atoms with Crippen LogP contribution in [0.25, 0.3) is 0 Å². The summed E-state index contributed by atoms with van der Waals surface area (Å²) in [5, 5.41) is 9.00. The van der Waals surface area contributed by atoms with E-state index in [1.165, 1.54) is 6.92 Å². The molecular weight excluding hydrogens is 421 g/mol. The van der Waals surface area contributed by atoms with Gasteiger partial charge in [-0.15, -0.1) is 0 Å². The fourth-order valence-electron chi connectivity index (χ4n) is 3.01. The molecule has 3 atom stereocenters. The third-order valence-electron chi connectivity index (χ3n) is 4.72. The van der Waals surface area contributed by atoms with Crippen LogP contribution in [0.5, 0.6) is 0 Å². The van der Waals surface area contributed by atoms with Crippen molar-refractivity contribution in [1.82, 2.24) is 0 Å². The van der Waals surface area contributed by atoms with Crippen molar-refractivity contribution in [2.24, 2.45) is 17.6 Å². The summed E-state index contributed by atoms with van der Waals surface area (Å²) in [6.07, 6.45) is -16.8. The minimum absolute atomic E-state index is 0.356. The zero-order valence-corrected chi connectivity index (χ0v) is 15.1. The van der Waals surface area contributed by atoms with Crippen LogP contribution in [0.3, 0.4) is 0 Å². The van der Waals surface area contributed by atoms with Crippen molar-refractivity contribution in [1.29, 1.82) is 0 Å². The first-order valence-corrected chi connectivity index (χ1v) is 8.23. The fraction of sp³-hybridized carbons (Fsp3) is 0.588. The zero-order valence-electron chi connectivity index (χ0n) is 15.1. The number of hydrogen-bond donors (Lipinski definition) is 2. The molecule has 166 valence electrons. The Kier molecular flexibility index (Phi) is 7.26. The summed E-state index contributed by atoms with van der Waals surface area (Å²) in [7, 11) is 0. The van der Waals surface area contributed by atoms with Crippen LogP contribution < -0.4 is 5.73 Å². The average Bonchev–Trinajstić information content (AvgIpc) is 2.54. The molecule has 3 N–H and O–H groups in total. The molecule has 0 bridgehead atoms. The molecule has 1 aromatic rings. The fourth-order valence-corrected chi connectivity index (χ4v) is 3.01. The minimum Gasteiger partial charge on any atom is -0.481 e. The van der Waals surface area contributed by atoms with Gasteiger partial charge in [0.15, 0.2) is 0 Å². The van der Waals surface area contributed by atoms with E-state index in [0.29, 0.717) is 0 Å². The van der Waals surface area contributed by atoms with Crippen LogP contribution in [0.15, 0.2) is 12.1 Å². The second-order valence-electron chi connectivity index (χ2n) is 6.75. The molecule has 12 heteroatoms. The second-order valence-corrected chi connectivity index (χ2v) is 6.75. The first-order chi connectivity index (χ1) is 12.9. The molecule has 0 aliphatic carbocycles. The van der Waals surface area contributed by atoms with E-state index in [2.05, 4.69) is 0 Å². The minimum atomic E-state index is -5.50. The van der Waals surface area contributed by atoms with Crippen LogP contribution in [-0.4, -0.2) is 17.6 Å². The number of nitrogens with two attached hydrogens (primary N) is 1. The second kappa shape index (κ2) is 8.41. The van der Waals surface area contributed by atoms with E-state index in [1.807, 2.05) is 0 Å². The van der Waals surface area contributed by atoms with Gasteiger partial charge in [-0.3, -0.25) is 4.79 Å². The van der Waals surface area contributed by atoms with E-state index in [-0.39, 0.29) is 18.6 Å². The van der Waals surface area contributed by atoms with Gasteiger partial charge in [-0.05, 0) is 36.0 Å². The van der Waals surface area contributed by atoms with Crippen molar-refractivity contribution in [2.45, 2.75) is 44.7 Å². The van der Waals surface area contributed by atoms with E-state index in [0.717, 1.165) is 6.92 Å². The number of alkyl halides is 9. The summed E-state index contributed by atoms with van der Waals surface area (Å²) < 4.78 is 119. The molecular formula is C17H18F9NO2. The van der Waals surface area contributed by atoms with Crippen LogP contribution >= 0.6 is 0 Å². The van der Waals surface area contributed by atoms with E-state index in [9.17, 15) is 44.3 Å². The highest BCUT2D eigenvalue weighted by molar-refractivity contribution is 5.70. The number of hydrogen-bond acceptors (Lipinski definition) is 2. The topological polar surface area (TPSA) is 63.3 Å². The maximum Gasteiger partial charge on any atom is 0.416 e. The van der Waals surface area contributed by atoms with Crippen LogP contribution in [0.2, 0.25) is 0 Å². The van der Waals surface area contributed by atoms with Gasteiger partial charge in [-0.25, -0.2) is 0 Å². The van der Waals surface area contributed by atoms with E-state index in [1.54, 1.807) is 0 Å². The van der Waals surface area contributed by atoms with Crippen molar-refractivity contribution in [3.63, 3.8) is 0 Å². The molecule has 0 aromatic heterocycles. The maximum absolute atomic E-state index is 13.4. The number of aliphatic carboxylic acids is 1. The van der Waals surface area contributed by atoms with Gasteiger partial charge in [0.2, 0.25) is 0 Å². The SMILES string of the molecule is CC(CC(CN)C(=O)O)C(C)c1c(C(F)(F)F)cc(C(F)(F)F)cc1C(F)(F)F. The van der Waals surface area contributed by atoms with Gasteiger partial charge in [-0.2, -0.15) is 39.5 Å². The van der Waals surface area contributed by atoms with Gasteiger partial charge in [0.05, 0.1) is 22.6 Å². The number of rotatable bonds is 6. The van der Waals surface area contributed by atoms with Crippen molar-refractivity contribution in [2.75, 3.05) is 6.54 Å². The van der Waals surface area contributed by atoms with Crippen LogP contribution in [-0.2, 0) is 23.3 Å². The standard InChI is InChI=1S/C17H18F9NO2/c1-7(3-9(6-27)14(28)29)8(2)13-11(16(21,22)23)4-10(15(18,19)20)5-12(13)17(24,25)26/h4-5,7-9H,3,6,27H2,1-2H3,(H,28,29). The summed E-state index contributed by atoms with van der Waals surface area (Å²) in [6.45, 7) is 1.79. The lowest BCUT2D eigenvalue weighted by atomic mass is 9.78. The molecule has 0 saturated carbocycles. The Morgan fingerprint density at radius 1 is 0.931 bits per heavy atom. The third kappa shape index (κ3) is 6.00. The van der Waals surface area contributed by atoms with E-state index in [4.69, 9.17) is 10.8 Å². The maximum atomic E-state index is 13.4. The summed E-state index contributed by atoms with van der Waals surface area (Å²) in [4.78, 5) is 11.1. The largest absolute Gasteiger partial charge is 0.481 e. The number of carboxylic acid groups (broad SMARTS) is 1. The predicted molar refractivity (Wildman–Crippen MR) is 83.8 cm³/mol. The van der Waals surface area contributed by atoms with Gasteiger partial charge < -0.3 is 10.8 Å². The van der Waals surface area contributed by atoms with Crippen molar-refractivity contribution >= 4 is 5.97 Å². The molecule has 3 nitrogen and oxygen atoms in total. The Balaban J connectivity index is 3.71.